The fraction of sp³-hybridized carbons (Fsp3) is 0.600. The van der Waals surface area contributed by atoms with Crippen LogP contribution in [0, 0.1) is 11.7 Å². The van der Waals surface area contributed by atoms with Crippen molar-refractivity contribution in [2.45, 2.75) is 25.3 Å². The molecule has 0 amide bonds. The molecule has 2 aliphatic rings. The summed E-state index contributed by atoms with van der Waals surface area (Å²) in [4.78, 5) is 19.4. The molecule has 3 rings (SSSR count). The first-order valence-electron chi connectivity index (χ1n) is 7.41. The van der Waals surface area contributed by atoms with Gasteiger partial charge in [0.1, 0.15) is 5.56 Å². The van der Waals surface area contributed by atoms with Crippen molar-refractivity contribution in [3.05, 3.63) is 23.6 Å². The van der Waals surface area contributed by atoms with Gasteiger partial charge in [-0.1, -0.05) is 0 Å². The van der Waals surface area contributed by atoms with Crippen molar-refractivity contribution in [3.8, 4) is 0 Å². The van der Waals surface area contributed by atoms with Crippen LogP contribution in [0.2, 0.25) is 0 Å². The standard InChI is InChI=1S/C15H20FN3O2/c1-18-7-2-3-10-9-19(8-5-12(10)18)14-13(16)11(15(20)21)4-6-17-14/h4,6,10,12H,2-3,5,7-9H2,1H3,(H,20,21). The number of hydrogen-bond donors (Lipinski definition) is 1. The molecular formula is C15H20FN3O2. The molecule has 0 spiro atoms. The average molecular weight is 293 g/mol. The Morgan fingerprint density at radius 1 is 1.43 bits per heavy atom. The van der Waals surface area contributed by atoms with E-state index in [1.165, 1.54) is 12.3 Å². The van der Waals surface area contributed by atoms with Crippen molar-refractivity contribution in [1.82, 2.24) is 9.88 Å². The molecule has 2 saturated heterocycles. The predicted octanol–water partition coefficient (Wildman–Crippen LogP) is 1.84. The summed E-state index contributed by atoms with van der Waals surface area (Å²) in [7, 11) is 2.15. The Balaban J connectivity index is 1.83. The molecule has 0 radical (unpaired) electrons. The van der Waals surface area contributed by atoms with Gasteiger partial charge in [0.05, 0.1) is 0 Å². The Labute approximate surface area is 123 Å². The summed E-state index contributed by atoms with van der Waals surface area (Å²) in [6, 6.07) is 1.77. The quantitative estimate of drug-likeness (QED) is 0.901. The fourth-order valence-electron chi connectivity index (χ4n) is 3.66. The third kappa shape index (κ3) is 2.60. The zero-order chi connectivity index (χ0) is 15.0. The molecule has 114 valence electrons. The molecule has 1 N–H and O–H groups in total. The van der Waals surface area contributed by atoms with Crippen LogP contribution in [-0.2, 0) is 0 Å². The van der Waals surface area contributed by atoms with Gasteiger partial charge in [0, 0.05) is 25.3 Å². The number of piperidine rings is 2. The van der Waals surface area contributed by atoms with E-state index in [-0.39, 0.29) is 11.4 Å². The largest absolute Gasteiger partial charge is 0.478 e. The number of aromatic nitrogens is 1. The molecule has 3 heterocycles. The van der Waals surface area contributed by atoms with Crippen molar-refractivity contribution in [2.75, 3.05) is 31.6 Å². The highest BCUT2D eigenvalue weighted by Crippen LogP contribution is 2.32. The summed E-state index contributed by atoms with van der Waals surface area (Å²) in [5, 5.41) is 9.02. The highest BCUT2D eigenvalue weighted by Gasteiger charge is 2.35. The first-order chi connectivity index (χ1) is 10.1. The summed E-state index contributed by atoms with van der Waals surface area (Å²) >= 11 is 0. The van der Waals surface area contributed by atoms with E-state index in [1.54, 1.807) is 0 Å². The molecule has 0 saturated carbocycles. The topological polar surface area (TPSA) is 56.7 Å². The number of nitrogens with zero attached hydrogens (tertiary/aromatic N) is 3. The van der Waals surface area contributed by atoms with E-state index in [0.29, 0.717) is 12.0 Å². The number of carbonyl (C=O) groups is 1. The van der Waals surface area contributed by atoms with Crippen molar-refractivity contribution >= 4 is 11.8 Å². The molecule has 6 heteroatoms. The third-order valence-corrected chi connectivity index (χ3v) is 4.75. The minimum absolute atomic E-state index is 0.182. The second-order valence-corrected chi connectivity index (χ2v) is 5.99. The van der Waals surface area contributed by atoms with E-state index in [1.807, 2.05) is 4.90 Å². The van der Waals surface area contributed by atoms with Crippen LogP contribution in [0.25, 0.3) is 0 Å². The number of rotatable bonds is 2. The SMILES string of the molecule is CN1CCCC2CN(c3nccc(C(=O)O)c3F)CCC21. The van der Waals surface area contributed by atoms with Crippen LogP contribution in [0.4, 0.5) is 10.2 Å². The molecule has 1 aromatic heterocycles. The minimum Gasteiger partial charge on any atom is -0.478 e. The molecular weight excluding hydrogens is 273 g/mol. The van der Waals surface area contributed by atoms with Crippen molar-refractivity contribution in [3.63, 3.8) is 0 Å². The minimum atomic E-state index is -1.25. The maximum atomic E-state index is 14.3. The highest BCUT2D eigenvalue weighted by atomic mass is 19.1. The van der Waals surface area contributed by atoms with Gasteiger partial charge in [-0.25, -0.2) is 14.2 Å². The van der Waals surface area contributed by atoms with Gasteiger partial charge in [-0.3, -0.25) is 0 Å². The normalized spacial score (nSPS) is 26.5. The Morgan fingerprint density at radius 3 is 3.00 bits per heavy atom. The van der Waals surface area contributed by atoms with Crippen molar-refractivity contribution in [2.24, 2.45) is 5.92 Å². The Hall–Kier alpha value is -1.69. The van der Waals surface area contributed by atoms with Crippen LogP contribution in [0.3, 0.4) is 0 Å². The zero-order valence-electron chi connectivity index (χ0n) is 12.1. The van der Waals surface area contributed by atoms with Gasteiger partial charge in [0.2, 0.25) is 0 Å². The molecule has 1 aromatic rings. The summed E-state index contributed by atoms with van der Waals surface area (Å²) in [6.07, 6.45) is 4.66. The van der Waals surface area contributed by atoms with Crippen LogP contribution in [-0.4, -0.2) is 53.7 Å². The maximum Gasteiger partial charge on any atom is 0.338 e. The average Bonchev–Trinajstić information content (AvgIpc) is 2.47. The molecule has 2 atom stereocenters. The van der Waals surface area contributed by atoms with Gasteiger partial charge in [-0.05, 0) is 44.8 Å². The van der Waals surface area contributed by atoms with Crippen molar-refractivity contribution < 1.29 is 14.3 Å². The third-order valence-electron chi connectivity index (χ3n) is 4.75. The lowest BCUT2D eigenvalue weighted by molar-refractivity contribution is 0.0691. The maximum absolute atomic E-state index is 14.3. The van der Waals surface area contributed by atoms with Crippen molar-refractivity contribution in [1.29, 1.82) is 0 Å². The predicted molar refractivity (Wildman–Crippen MR) is 77.1 cm³/mol. The van der Waals surface area contributed by atoms with Crippen LogP contribution in [0.5, 0.6) is 0 Å². The molecule has 5 nitrogen and oxygen atoms in total. The van der Waals surface area contributed by atoms with Gasteiger partial charge in [0.15, 0.2) is 11.6 Å². The van der Waals surface area contributed by atoms with E-state index in [0.717, 1.165) is 38.9 Å². The van der Waals surface area contributed by atoms with Gasteiger partial charge >= 0.3 is 5.97 Å². The number of halogens is 1. The van der Waals surface area contributed by atoms with Crippen LogP contribution in [0.1, 0.15) is 29.6 Å². The number of carboxylic acid groups (broad SMARTS) is 1. The van der Waals surface area contributed by atoms with Gasteiger partial charge < -0.3 is 14.9 Å². The molecule has 0 aliphatic carbocycles. The van der Waals surface area contributed by atoms with E-state index in [2.05, 4.69) is 16.9 Å². The van der Waals surface area contributed by atoms with E-state index < -0.39 is 11.8 Å². The summed E-state index contributed by atoms with van der Waals surface area (Å²) in [5.41, 5.74) is -0.303. The first kappa shape index (κ1) is 14.3. The second-order valence-electron chi connectivity index (χ2n) is 5.99. The Morgan fingerprint density at radius 2 is 2.24 bits per heavy atom. The highest BCUT2D eigenvalue weighted by molar-refractivity contribution is 5.88. The number of likely N-dealkylation sites (tertiary alicyclic amines) is 1. The lowest BCUT2D eigenvalue weighted by Crippen LogP contribution is -2.53. The zero-order valence-corrected chi connectivity index (χ0v) is 12.1. The smallest absolute Gasteiger partial charge is 0.338 e. The molecule has 2 fully saturated rings. The number of pyridine rings is 1. The first-order valence-corrected chi connectivity index (χ1v) is 7.41. The van der Waals surface area contributed by atoms with E-state index in [9.17, 15) is 9.18 Å². The molecule has 0 aromatic carbocycles. The number of carboxylic acids is 1. The van der Waals surface area contributed by atoms with E-state index >= 15 is 0 Å². The van der Waals surface area contributed by atoms with Crippen LogP contribution < -0.4 is 4.90 Å². The van der Waals surface area contributed by atoms with Gasteiger partial charge in [-0.2, -0.15) is 0 Å². The lowest BCUT2D eigenvalue weighted by Gasteiger charge is -2.46. The lowest BCUT2D eigenvalue weighted by atomic mass is 9.84. The molecule has 2 unspecified atom stereocenters. The van der Waals surface area contributed by atoms with Gasteiger partial charge in [-0.15, -0.1) is 0 Å². The van der Waals surface area contributed by atoms with Crippen LogP contribution >= 0.6 is 0 Å². The number of hydrogen-bond acceptors (Lipinski definition) is 4. The monoisotopic (exact) mass is 293 g/mol. The number of anilines is 1. The Bertz CT molecular complexity index is 552. The number of fused-ring (bicyclic) bond motifs is 1. The second kappa shape index (κ2) is 5.60. The summed E-state index contributed by atoms with van der Waals surface area (Å²) < 4.78 is 14.3. The molecule has 0 bridgehead atoms. The molecule has 21 heavy (non-hydrogen) atoms. The molecule has 2 aliphatic heterocycles. The van der Waals surface area contributed by atoms with Crippen LogP contribution in [0.15, 0.2) is 12.3 Å². The Kier molecular flexibility index (Phi) is 3.80. The number of aromatic carboxylic acids is 1. The summed E-state index contributed by atoms with van der Waals surface area (Å²) in [5.74, 6) is -1.27. The van der Waals surface area contributed by atoms with E-state index in [4.69, 9.17) is 5.11 Å². The fourth-order valence-corrected chi connectivity index (χ4v) is 3.66. The summed E-state index contributed by atoms with van der Waals surface area (Å²) in [6.45, 7) is 2.60. The van der Waals surface area contributed by atoms with Gasteiger partial charge in [0.25, 0.3) is 0 Å².